The summed E-state index contributed by atoms with van der Waals surface area (Å²) in [4.78, 5) is 11.5. The second kappa shape index (κ2) is 5.61. The van der Waals surface area contributed by atoms with Crippen LogP contribution >= 0.6 is 0 Å². The average molecular weight is 273 g/mol. The van der Waals surface area contributed by atoms with Crippen molar-refractivity contribution >= 4 is 5.97 Å². The summed E-state index contributed by atoms with van der Waals surface area (Å²) in [5.41, 5.74) is -0.298. The number of halogens is 3. The summed E-state index contributed by atoms with van der Waals surface area (Å²) >= 11 is 0. The lowest BCUT2D eigenvalue weighted by Gasteiger charge is -2.14. The van der Waals surface area contributed by atoms with E-state index in [1.54, 1.807) is 13.0 Å². The number of hydrogen-bond donors (Lipinski definition) is 0. The lowest BCUT2D eigenvalue weighted by molar-refractivity contribution is -0.274. The molecule has 0 saturated heterocycles. The number of rotatable bonds is 3. The molecule has 0 heterocycles. The van der Waals surface area contributed by atoms with E-state index in [0.29, 0.717) is 12.0 Å². The van der Waals surface area contributed by atoms with Gasteiger partial charge in [-0.1, -0.05) is 6.92 Å². The Morgan fingerprint density at radius 2 is 2.05 bits per heavy atom. The third kappa shape index (κ3) is 3.61. The zero-order chi connectivity index (χ0) is 14.6. The van der Waals surface area contributed by atoms with Crippen molar-refractivity contribution in [1.82, 2.24) is 0 Å². The molecule has 0 aromatic heterocycles. The van der Waals surface area contributed by atoms with E-state index in [2.05, 4.69) is 9.47 Å². The van der Waals surface area contributed by atoms with Gasteiger partial charge in [-0.25, -0.2) is 4.79 Å². The Morgan fingerprint density at radius 1 is 1.42 bits per heavy atom. The molecule has 4 nitrogen and oxygen atoms in total. The van der Waals surface area contributed by atoms with Crippen LogP contribution in [0.1, 0.15) is 28.4 Å². The molecule has 1 aromatic rings. The molecule has 0 unspecified atom stereocenters. The number of benzene rings is 1. The summed E-state index contributed by atoms with van der Waals surface area (Å²) in [6.45, 7) is 1.70. The molecule has 0 bridgehead atoms. The first kappa shape index (κ1) is 14.8. The Bertz CT molecular complexity index is 532. The maximum absolute atomic E-state index is 12.3. The van der Waals surface area contributed by atoms with Crippen LogP contribution in [-0.4, -0.2) is 19.4 Å². The lowest BCUT2D eigenvalue weighted by atomic mass is 10.0. The first-order chi connectivity index (χ1) is 8.82. The molecular weight excluding hydrogens is 263 g/mol. The molecule has 0 aliphatic rings. The van der Waals surface area contributed by atoms with E-state index in [4.69, 9.17) is 5.26 Å². The van der Waals surface area contributed by atoms with E-state index < -0.39 is 23.6 Å². The first-order valence-electron chi connectivity index (χ1n) is 5.23. The number of esters is 1. The maximum atomic E-state index is 12.3. The van der Waals surface area contributed by atoms with Gasteiger partial charge in [0.2, 0.25) is 0 Å². The number of hydrogen-bond acceptors (Lipinski definition) is 4. The van der Waals surface area contributed by atoms with E-state index in [1.807, 2.05) is 0 Å². The van der Waals surface area contributed by atoms with Gasteiger partial charge in [0.15, 0.2) is 0 Å². The van der Waals surface area contributed by atoms with Gasteiger partial charge in [-0.15, -0.1) is 13.2 Å². The van der Waals surface area contributed by atoms with E-state index >= 15 is 0 Å². The smallest absolute Gasteiger partial charge is 0.465 e. The Balaban J connectivity index is 3.47. The van der Waals surface area contributed by atoms with Gasteiger partial charge in [-0.05, 0) is 24.1 Å². The lowest BCUT2D eigenvalue weighted by Crippen LogP contribution is -2.20. The number of methoxy groups -OCH3 is 1. The Morgan fingerprint density at radius 3 is 2.47 bits per heavy atom. The summed E-state index contributed by atoms with van der Waals surface area (Å²) in [5, 5.41) is 8.91. The molecule has 0 atom stereocenters. The predicted octanol–water partition coefficient (Wildman–Crippen LogP) is 2.81. The molecule has 1 rings (SSSR count). The zero-order valence-electron chi connectivity index (χ0n) is 10.2. The molecule has 0 saturated carbocycles. The third-order valence-corrected chi connectivity index (χ3v) is 2.31. The minimum absolute atomic E-state index is 0.217. The molecule has 0 aliphatic heterocycles. The zero-order valence-corrected chi connectivity index (χ0v) is 10.2. The van der Waals surface area contributed by atoms with Crippen LogP contribution in [0.15, 0.2) is 12.1 Å². The highest BCUT2D eigenvalue weighted by Gasteiger charge is 2.34. The number of nitriles is 1. The van der Waals surface area contributed by atoms with E-state index in [0.717, 1.165) is 13.2 Å². The SMILES string of the molecule is CCc1cc(C#N)c(C(=O)OC)c(OC(F)(F)F)c1. The highest BCUT2D eigenvalue weighted by Crippen LogP contribution is 2.30. The first-order valence-corrected chi connectivity index (χ1v) is 5.23. The van der Waals surface area contributed by atoms with E-state index in [9.17, 15) is 18.0 Å². The Kier molecular flexibility index (Phi) is 4.38. The fourth-order valence-electron chi connectivity index (χ4n) is 1.48. The molecule has 7 heteroatoms. The average Bonchev–Trinajstić information content (AvgIpc) is 2.34. The number of aryl methyl sites for hydroxylation is 1. The third-order valence-electron chi connectivity index (χ3n) is 2.31. The van der Waals surface area contributed by atoms with Crippen LogP contribution in [0.25, 0.3) is 0 Å². The summed E-state index contributed by atoms with van der Waals surface area (Å²) in [5.74, 6) is -1.78. The second-order valence-electron chi connectivity index (χ2n) is 3.52. The largest absolute Gasteiger partial charge is 0.573 e. The summed E-state index contributed by atoms with van der Waals surface area (Å²) in [6, 6.07) is 4.06. The maximum Gasteiger partial charge on any atom is 0.573 e. The molecular formula is C12H10F3NO3. The fraction of sp³-hybridized carbons (Fsp3) is 0.333. The molecule has 0 N–H and O–H groups in total. The summed E-state index contributed by atoms with van der Waals surface area (Å²) in [6.07, 6.45) is -4.56. The standard InChI is InChI=1S/C12H10F3NO3/c1-3-7-4-8(6-16)10(11(17)18-2)9(5-7)19-12(13,14)15/h4-5H,3H2,1-2H3. The van der Waals surface area contributed by atoms with Crippen molar-refractivity contribution in [2.45, 2.75) is 19.7 Å². The van der Waals surface area contributed by atoms with Crippen LogP contribution in [0.5, 0.6) is 5.75 Å². The molecule has 0 aliphatic carbocycles. The minimum atomic E-state index is -4.96. The Hall–Kier alpha value is -2.23. The van der Waals surface area contributed by atoms with Crippen molar-refractivity contribution in [3.8, 4) is 11.8 Å². The van der Waals surface area contributed by atoms with Crippen LogP contribution in [0.3, 0.4) is 0 Å². The van der Waals surface area contributed by atoms with E-state index in [1.165, 1.54) is 6.07 Å². The van der Waals surface area contributed by atoms with Gasteiger partial charge in [0.1, 0.15) is 17.4 Å². The van der Waals surface area contributed by atoms with Crippen LogP contribution in [0, 0.1) is 11.3 Å². The second-order valence-corrected chi connectivity index (χ2v) is 3.52. The predicted molar refractivity (Wildman–Crippen MR) is 58.6 cm³/mol. The molecule has 0 radical (unpaired) electrons. The molecule has 0 fully saturated rings. The van der Waals surface area contributed by atoms with Crippen LogP contribution in [-0.2, 0) is 11.2 Å². The topological polar surface area (TPSA) is 59.3 Å². The van der Waals surface area contributed by atoms with E-state index in [-0.39, 0.29) is 5.56 Å². The van der Waals surface area contributed by atoms with Gasteiger partial charge in [0.05, 0.1) is 12.7 Å². The summed E-state index contributed by atoms with van der Waals surface area (Å²) < 4.78 is 45.1. The highest BCUT2D eigenvalue weighted by molar-refractivity contribution is 5.95. The number of carbonyl (C=O) groups excluding carboxylic acids is 1. The van der Waals surface area contributed by atoms with Crippen molar-refractivity contribution in [3.05, 3.63) is 28.8 Å². The number of alkyl halides is 3. The van der Waals surface area contributed by atoms with Crippen LogP contribution in [0.4, 0.5) is 13.2 Å². The van der Waals surface area contributed by atoms with Gasteiger partial charge < -0.3 is 9.47 Å². The fourth-order valence-corrected chi connectivity index (χ4v) is 1.48. The molecule has 102 valence electrons. The quantitative estimate of drug-likeness (QED) is 0.794. The molecule has 1 aromatic carbocycles. The van der Waals surface area contributed by atoms with Gasteiger partial charge in [0.25, 0.3) is 0 Å². The van der Waals surface area contributed by atoms with Crippen molar-refractivity contribution in [2.24, 2.45) is 0 Å². The van der Waals surface area contributed by atoms with Crippen molar-refractivity contribution in [1.29, 1.82) is 5.26 Å². The van der Waals surface area contributed by atoms with Gasteiger partial charge in [0, 0.05) is 0 Å². The minimum Gasteiger partial charge on any atom is -0.465 e. The van der Waals surface area contributed by atoms with Gasteiger partial charge in [-0.3, -0.25) is 0 Å². The van der Waals surface area contributed by atoms with Crippen LogP contribution in [0.2, 0.25) is 0 Å². The monoisotopic (exact) mass is 273 g/mol. The van der Waals surface area contributed by atoms with Gasteiger partial charge in [-0.2, -0.15) is 5.26 Å². The number of carbonyl (C=O) groups is 1. The van der Waals surface area contributed by atoms with Crippen molar-refractivity contribution < 1.29 is 27.4 Å². The number of nitrogens with zero attached hydrogens (tertiary/aromatic N) is 1. The van der Waals surface area contributed by atoms with Gasteiger partial charge >= 0.3 is 12.3 Å². The molecule has 0 spiro atoms. The van der Waals surface area contributed by atoms with Crippen molar-refractivity contribution in [3.63, 3.8) is 0 Å². The number of ether oxygens (including phenoxy) is 2. The van der Waals surface area contributed by atoms with Crippen LogP contribution < -0.4 is 4.74 Å². The van der Waals surface area contributed by atoms with Crippen molar-refractivity contribution in [2.75, 3.05) is 7.11 Å². The molecule has 0 amide bonds. The Labute approximate surface area is 107 Å². The normalized spacial score (nSPS) is 10.7. The highest BCUT2D eigenvalue weighted by atomic mass is 19.4. The summed E-state index contributed by atoms with van der Waals surface area (Å²) in [7, 11) is 1.01. The molecule has 19 heavy (non-hydrogen) atoms.